The molecule has 0 aliphatic carbocycles. The Morgan fingerprint density at radius 1 is 1.19 bits per heavy atom. The van der Waals surface area contributed by atoms with E-state index >= 15 is 0 Å². The molecule has 2 aromatic rings. The zero-order valence-electron chi connectivity index (χ0n) is 17.0. The number of nitrogens with zero attached hydrogens (tertiary/aromatic N) is 3. The molecule has 5 nitrogen and oxygen atoms in total. The predicted molar refractivity (Wildman–Crippen MR) is 102 cm³/mol. The Labute approximate surface area is 176 Å². The Morgan fingerprint density at radius 3 is 2.55 bits per heavy atom. The van der Waals surface area contributed by atoms with E-state index in [1.54, 1.807) is 4.90 Å². The predicted octanol–water partition coefficient (Wildman–Crippen LogP) is 4.45. The molecule has 0 bridgehead atoms. The summed E-state index contributed by atoms with van der Waals surface area (Å²) in [5.41, 5.74) is 0.354. The largest absolute Gasteiger partial charge is 0.419 e. The van der Waals surface area contributed by atoms with E-state index in [0.717, 1.165) is 36.4 Å². The van der Waals surface area contributed by atoms with Gasteiger partial charge in [0.15, 0.2) is 17.3 Å². The van der Waals surface area contributed by atoms with Gasteiger partial charge in [-0.2, -0.15) is 18.3 Å². The molecule has 1 aromatic carbocycles. The number of rotatable bonds is 4. The van der Waals surface area contributed by atoms with Gasteiger partial charge < -0.3 is 4.90 Å². The first-order valence-corrected chi connectivity index (χ1v) is 10.3. The summed E-state index contributed by atoms with van der Waals surface area (Å²) in [6.45, 7) is 4.79. The van der Waals surface area contributed by atoms with Crippen molar-refractivity contribution >= 4 is 5.91 Å². The summed E-state index contributed by atoms with van der Waals surface area (Å²) >= 11 is 0. The number of nitrogens with one attached hydrogen (secondary N) is 1. The lowest BCUT2D eigenvalue weighted by atomic mass is 9.86. The number of hydrogen-bond acceptors (Lipinski definition) is 3. The standard InChI is InChI=1S/C21H23F5N4O/c1-2-7-29-10-14-16(11-29)27-28-19(14)20(31)30-8-5-12(6-9-30)13-3-4-15(22)18(23)17(13)21(24,25)26/h3-4,12H,2,5-11H2,1H3,(H,27,28). The van der Waals surface area contributed by atoms with E-state index in [4.69, 9.17) is 0 Å². The third-order valence-corrected chi connectivity index (χ3v) is 6.09. The molecule has 31 heavy (non-hydrogen) atoms. The van der Waals surface area contributed by atoms with Gasteiger partial charge in [-0.15, -0.1) is 0 Å². The summed E-state index contributed by atoms with van der Waals surface area (Å²) in [7, 11) is 0. The van der Waals surface area contributed by atoms with Crippen LogP contribution in [0, 0.1) is 11.6 Å². The molecule has 3 heterocycles. The lowest BCUT2D eigenvalue weighted by Crippen LogP contribution is -2.39. The van der Waals surface area contributed by atoms with E-state index in [0.29, 0.717) is 18.8 Å². The van der Waals surface area contributed by atoms with Crippen molar-refractivity contribution in [3.8, 4) is 0 Å². The molecule has 4 rings (SSSR count). The van der Waals surface area contributed by atoms with Crippen LogP contribution in [0.25, 0.3) is 0 Å². The Morgan fingerprint density at radius 2 is 1.90 bits per heavy atom. The van der Waals surface area contributed by atoms with Crippen LogP contribution >= 0.6 is 0 Å². The highest BCUT2D eigenvalue weighted by Crippen LogP contribution is 2.41. The smallest absolute Gasteiger partial charge is 0.337 e. The molecule has 0 atom stereocenters. The highest BCUT2D eigenvalue weighted by molar-refractivity contribution is 5.94. The Bertz CT molecular complexity index is 979. The van der Waals surface area contributed by atoms with Gasteiger partial charge in [0.1, 0.15) is 0 Å². The van der Waals surface area contributed by atoms with Gasteiger partial charge in [-0.05, 0) is 43.4 Å². The van der Waals surface area contributed by atoms with Gasteiger partial charge in [0.25, 0.3) is 5.91 Å². The minimum Gasteiger partial charge on any atom is -0.337 e. The summed E-state index contributed by atoms with van der Waals surface area (Å²) in [4.78, 5) is 16.8. The number of H-pyrrole nitrogens is 1. The number of amides is 1. The van der Waals surface area contributed by atoms with Crippen LogP contribution in [0.1, 0.15) is 65.0 Å². The van der Waals surface area contributed by atoms with E-state index in [2.05, 4.69) is 22.0 Å². The summed E-state index contributed by atoms with van der Waals surface area (Å²) in [5.74, 6) is -4.25. The number of aromatic nitrogens is 2. The van der Waals surface area contributed by atoms with Gasteiger partial charge in [-0.1, -0.05) is 13.0 Å². The molecule has 168 valence electrons. The maximum atomic E-state index is 13.9. The highest BCUT2D eigenvalue weighted by atomic mass is 19.4. The third-order valence-electron chi connectivity index (χ3n) is 6.09. The molecule has 1 N–H and O–H groups in total. The first-order chi connectivity index (χ1) is 14.7. The van der Waals surface area contributed by atoms with Crippen LogP contribution in [0.2, 0.25) is 0 Å². The Hall–Kier alpha value is -2.49. The topological polar surface area (TPSA) is 52.2 Å². The number of benzene rings is 1. The van der Waals surface area contributed by atoms with Gasteiger partial charge in [0.05, 0.1) is 11.3 Å². The summed E-state index contributed by atoms with van der Waals surface area (Å²) in [6, 6.07) is 1.73. The van der Waals surface area contributed by atoms with Gasteiger partial charge in [0.2, 0.25) is 0 Å². The van der Waals surface area contributed by atoms with Gasteiger partial charge in [-0.25, -0.2) is 8.78 Å². The first-order valence-electron chi connectivity index (χ1n) is 10.3. The van der Waals surface area contributed by atoms with Gasteiger partial charge in [0, 0.05) is 31.7 Å². The fraction of sp³-hybridized carbons (Fsp3) is 0.524. The quantitative estimate of drug-likeness (QED) is 0.712. The molecule has 1 amide bonds. The normalized spacial score (nSPS) is 17.9. The van der Waals surface area contributed by atoms with Crippen molar-refractivity contribution in [2.45, 2.75) is 51.4 Å². The maximum absolute atomic E-state index is 13.9. The van der Waals surface area contributed by atoms with Crippen LogP contribution in [0.15, 0.2) is 12.1 Å². The summed E-state index contributed by atoms with van der Waals surface area (Å²) < 4.78 is 67.5. The van der Waals surface area contributed by atoms with Gasteiger partial charge in [-0.3, -0.25) is 14.8 Å². The molecule has 0 unspecified atom stereocenters. The first kappa shape index (κ1) is 21.7. The van der Waals surface area contributed by atoms with Crippen molar-refractivity contribution in [2.75, 3.05) is 19.6 Å². The molecule has 1 saturated heterocycles. The van der Waals surface area contributed by atoms with Crippen molar-refractivity contribution < 1.29 is 26.7 Å². The number of likely N-dealkylation sites (tertiary alicyclic amines) is 1. The number of piperidine rings is 1. The molecule has 10 heteroatoms. The number of hydrogen-bond donors (Lipinski definition) is 1. The minimum atomic E-state index is -4.99. The number of alkyl halides is 3. The summed E-state index contributed by atoms with van der Waals surface area (Å²) in [5, 5.41) is 7.09. The van der Waals surface area contributed by atoms with E-state index < -0.39 is 29.3 Å². The number of carbonyl (C=O) groups excluding carboxylic acids is 1. The molecule has 0 spiro atoms. The SMILES string of the molecule is CCCN1Cc2[nH]nc(C(=O)N3CCC(c4ccc(F)c(F)c4C(F)(F)F)CC3)c2C1. The summed E-state index contributed by atoms with van der Waals surface area (Å²) in [6.07, 6.45) is -3.53. The monoisotopic (exact) mass is 442 g/mol. The van der Waals surface area contributed by atoms with Crippen LogP contribution in [0.5, 0.6) is 0 Å². The Balaban J connectivity index is 1.48. The van der Waals surface area contributed by atoms with E-state index in [1.807, 2.05) is 0 Å². The number of aromatic amines is 1. The third kappa shape index (κ3) is 4.05. The van der Waals surface area contributed by atoms with Gasteiger partial charge >= 0.3 is 6.18 Å². The second kappa shape index (κ2) is 8.22. The Kier molecular flexibility index (Phi) is 5.76. The van der Waals surface area contributed by atoms with Crippen molar-refractivity contribution in [1.29, 1.82) is 0 Å². The molecule has 1 fully saturated rings. The van der Waals surface area contributed by atoms with Crippen molar-refractivity contribution in [1.82, 2.24) is 20.0 Å². The number of halogens is 5. The zero-order chi connectivity index (χ0) is 22.3. The van der Waals surface area contributed by atoms with Crippen LogP contribution in [-0.2, 0) is 19.3 Å². The number of fused-ring (bicyclic) bond motifs is 1. The highest BCUT2D eigenvalue weighted by Gasteiger charge is 2.41. The minimum absolute atomic E-state index is 0.222. The van der Waals surface area contributed by atoms with Crippen molar-refractivity contribution in [3.05, 3.63) is 51.8 Å². The van der Waals surface area contributed by atoms with Crippen LogP contribution in [0.4, 0.5) is 22.0 Å². The molecule has 2 aliphatic rings. The van der Waals surface area contributed by atoms with Crippen LogP contribution in [-0.4, -0.2) is 45.5 Å². The van der Waals surface area contributed by atoms with Crippen LogP contribution < -0.4 is 0 Å². The molecular formula is C21H23F5N4O. The fourth-order valence-corrected chi connectivity index (χ4v) is 4.59. The zero-order valence-corrected chi connectivity index (χ0v) is 17.0. The number of carbonyl (C=O) groups is 1. The fourth-order valence-electron chi connectivity index (χ4n) is 4.59. The molecule has 0 radical (unpaired) electrons. The average molecular weight is 442 g/mol. The van der Waals surface area contributed by atoms with Crippen LogP contribution in [0.3, 0.4) is 0 Å². The van der Waals surface area contributed by atoms with E-state index in [-0.39, 0.29) is 37.4 Å². The molecule has 0 saturated carbocycles. The van der Waals surface area contributed by atoms with Crippen molar-refractivity contribution in [2.24, 2.45) is 0 Å². The maximum Gasteiger partial charge on any atom is 0.419 e. The van der Waals surface area contributed by atoms with Crippen molar-refractivity contribution in [3.63, 3.8) is 0 Å². The average Bonchev–Trinajstić information content (AvgIpc) is 3.29. The second-order valence-corrected chi connectivity index (χ2v) is 8.13. The second-order valence-electron chi connectivity index (χ2n) is 8.13. The molecule has 1 aromatic heterocycles. The van der Waals surface area contributed by atoms with E-state index in [1.165, 1.54) is 0 Å². The molecule has 2 aliphatic heterocycles. The molecular weight excluding hydrogens is 419 g/mol. The van der Waals surface area contributed by atoms with E-state index in [9.17, 15) is 26.7 Å². The lowest BCUT2D eigenvalue weighted by molar-refractivity contribution is -0.141. The lowest BCUT2D eigenvalue weighted by Gasteiger charge is -2.33.